The number of rotatable bonds is 7. The van der Waals surface area contributed by atoms with E-state index in [1.807, 2.05) is 30.5 Å². The van der Waals surface area contributed by atoms with Crippen LogP contribution < -0.4 is 0 Å². The van der Waals surface area contributed by atoms with E-state index < -0.39 is 10.0 Å². The summed E-state index contributed by atoms with van der Waals surface area (Å²) in [5.41, 5.74) is 2.50. The Balaban J connectivity index is 1.35. The number of carbonyl (C=O) groups excluding carboxylic acids is 1. The molecular formula is C25H28ClN3O3S2. The molecule has 0 saturated carbocycles. The highest BCUT2D eigenvalue weighted by molar-refractivity contribution is 7.89. The lowest BCUT2D eigenvalue weighted by Gasteiger charge is -2.30. The van der Waals surface area contributed by atoms with Gasteiger partial charge in [0.2, 0.25) is 10.0 Å². The monoisotopic (exact) mass is 517 g/mol. The second kappa shape index (κ2) is 10.6. The van der Waals surface area contributed by atoms with Gasteiger partial charge in [0, 0.05) is 43.0 Å². The maximum atomic E-state index is 13.0. The molecule has 180 valence electrons. The number of carbonyl (C=O) groups is 1. The van der Waals surface area contributed by atoms with Crippen molar-refractivity contribution in [3.63, 3.8) is 0 Å². The number of piperidine rings is 1. The summed E-state index contributed by atoms with van der Waals surface area (Å²) in [4.78, 5) is 19.4. The number of aryl methyl sites for hydroxylation is 1. The Labute approximate surface area is 210 Å². The van der Waals surface area contributed by atoms with Crippen LogP contribution in [-0.2, 0) is 16.4 Å². The number of hydrogen-bond acceptors (Lipinski definition) is 5. The van der Waals surface area contributed by atoms with Gasteiger partial charge in [0.15, 0.2) is 0 Å². The smallest absolute Gasteiger partial charge is 0.273 e. The molecule has 0 spiro atoms. The number of sulfonamides is 1. The predicted octanol–water partition coefficient (Wildman–Crippen LogP) is 4.99. The van der Waals surface area contributed by atoms with Crippen LogP contribution >= 0.6 is 22.9 Å². The minimum atomic E-state index is -3.58. The quantitative estimate of drug-likeness (QED) is 0.443. The molecule has 1 saturated heterocycles. The van der Waals surface area contributed by atoms with Crippen molar-refractivity contribution in [1.82, 2.24) is 14.2 Å². The van der Waals surface area contributed by atoms with E-state index in [9.17, 15) is 13.2 Å². The highest BCUT2D eigenvalue weighted by Gasteiger charge is 2.31. The van der Waals surface area contributed by atoms with E-state index in [0.717, 1.165) is 17.0 Å². The highest BCUT2D eigenvalue weighted by atomic mass is 35.5. The third kappa shape index (κ3) is 5.51. The van der Waals surface area contributed by atoms with Gasteiger partial charge in [0.25, 0.3) is 5.91 Å². The number of halogens is 1. The van der Waals surface area contributed by atoms with Crippen LogP contribution in [0.15, 0.2) is 58.8 Å². The molecule has 1 aromatic heterocycles. The van der Waals surface area contributed by atoms with Crippen LogP contribution in [0.4, 0.5) is 0 Å². The zero-order valence-electron chi connectivity index (χ0n) is 19.3. The Bertz CT molecular complexity index is 1250. The summed E-state index contributed by atoms with van der Waals surface area (Å²) in [7, 11) is -1.79. The molecule has 9 heteroatoms. The van der Waals surface area contributed by atoms with Crippen LogP contribution in [0.3, 0.4) is 0 Å². The van der Waals surface area contributed by atoms with E-state index in [1.54, 1.807) is 24.1 Å². The van der Waals surface area contributed by atoms with E-state index in [0.29, 0.717) is 43.2 Å². The molecule has 2 heterocycles. The van der Waals surface area contributed by atoms with Gasteiger partial charge < -0.3 is 4.90 Å². The largest absolute Gasteiger partial charge is 0.340 e. The molecule has 0 N–H and O–H groups in total. The lowest BCUT2D eigenvalue weighted by molar-refractivity contribution is 0.0791. The molecule has 1 amide bonds. The summed E-state index contributed by atoms with van der Waals surface area (Å²) in [5.74, 6) is 0.0592. The molecule has 1 aliphatic heterocycles. The zero-order chi connectivity index (χ0) is 24.3. The van der Waals surface area contributed by atoms with Crippen molar-refractivity contribution in [2.24, 2.45) is 0 Å². The standard InChI is InChI=1S/C25H28ClN3O3S2/c1-18-8-9-21(16-22(18)26)34(31,32)29-14-11-20(12-15-29)24-27-23(17-33-24)25(30)28(2)13-10-19-6-4-3-5-7-19/h3-9,16-17,20H,10-15H2,1-2H3. The minimum absolute atomic E-state index is 0.0882. The maximum absolute atomic E-state index is 13.0. The van der Waals surface area contributed by atoms with Gasteiger partial charge in [-0.2, -0.15) is 4.31 Å². The van der Waals surface area contributed by atoms with E-state index in [1.165, 1.54) is 27.3 Å². The van der Waals surface area contributed by atoms with Crippen LogP contribution in [0.2, 0.25) is 5.02 Å². The Morgan fingerprint density at radius 1 is 1.18 bits per heavy atom. The minimum Gasteiger partial charge on any atom is -0.340 e. The van der Waals surface area contributed by atoms with Crippen LogP contribution in [0.5, 0.6) is 0 Å². The number of hydrogen-bond donors (Lipinski definition) is 0. The summed E-state index contributed by atoms with van der Waals surface area (Å²) in [6.45, 7) is 3.30. The number of thiazole rings is 1. The van der Waals surface area contributed by atoms with Gasteiger partial charge >= 0.3 is 0 Å². The van der Waals surface area contributed by atoms with Gasteiger partial charge in [-0.3, -0.25) is 4.79 Å². The molecule has 1 fully saturated rings. The Morgan fingerprint density at radius 3 is 2.56 bits per heavy atom. The third-order valence-electron chi connectivity index (χ3n) is 6.25. The molecule has 3 aromatic rings. The second-order valence-electron chi connectivity index (χ2n) is 8.62. The predicted molar refractivity (Wildman–Crippen MR) is 136 cm³/mol. The normalized spacial score (nSPS) is 15.4. The van der Waals surface area contributed by atoms with Gasteiger partial charge in [-0.1, -0.05) is 48.0 Å². The lowest BCUT2D eigenvalue weighted by atomic mass is 9.99. The summed E-state index contributed by atoms with van der Waals surface area (Å²) in [6, 6.07) is 14.9. The van der Waals surface area contributed by atoms with Crippen LogP contribution in [-0.4, -0.2) is 55.2 Å². The van der Waals surface area contributed by atoms with Crippen LogP contribution in [0.25, 0.3) is 0 Å². The fourth-order valence-corrected chi connectivity index (χ4v) is 6.74. The first-order valence-corrected chi connectivity index (χ1v) is 14.0. The van der Waals surface area contributed by atoms with Crippen LogP contribution in [0.1, 0.15) is 45.4 Å². The van der Waals surface area contributed by atoms with Gasteiger partial charge in [-0.25, -0.2) is 13.4 Å². The molecule has 6 nitrogen and oxygen atoms in total. The Kier molecular flexibility index (Phi) is 7.72. The first-order valence-electron chi connectivity index (χ1n) is 11.3. The van der Waals surface area contributed by atoms with Crippen molar-refractivity contribution in [2.45, 2.75) is 37.0 Å². The Morgan fingerprint density at radius 2 is 1.88 bits per heavy atom. The van der Waals surface area contributed by atoms with Gasteiger partial charge in [0.1, 0.15) is 5.69 Å². The molecule has 0 bridgehead atoms. The number of amides is 1. The first kappa shape index (κ1) is 24.9. The fraction of sp³-hybridized carbons (Fsp3) is 0.360. The SMILES string of the molecule is Cc1ccc(S(=O)(=O)N2CCC(c3nc(C(=O)N(C)CCc4ccccc4)cs3)CC2)cc1Cl. The fourth-order valence-electron chi connectivity index (χ4n) is 4.04. The molecule has 0 atom stereocenters. The molecular weight excluding hydrogens is 490 g/mol. The molecule has 4 rings (SSSR count). The number of nitrogens with zero attached hydrogens (tertiary/aromatic N) is 3. The van der Waals surface area contributed by atoms with Crippen molar-refractivity contribution in [3.8, 4) is 0 Å². The average Bonchev–Trinajstić information content (AvgIpc) is 3.34. The highest BCUT2D eigenvalue weighted by Crippen LogP contribution is 2.33. The molecule has 0 radical (unpaired) electrons. The molecule has 34 heavy (non-hydrogen) atoms. The molecule has 0 aliphatic carbocycles. The van der Waals surface area contributed by atoms with Crippen LogP contribution in [0, 0.1) is 6.92 Å². The molecule has 2 aromatic carbocycles. The van der Waals surface area contributed by atoms with E-state index >= 15 is 0 Å². The van der Waals surface area contributed by atoms with E-state index in [-0.39, 0.29) is 16.7 Å². The number of benzene rings is 2. The number of aromatic nitrogens is 1. The Hall–Kier alpha value is -2.26. The van der Waals surface area contributed by atoms with Crippen molar-refractivity contribution in [3.05, 3.63) is 80.8 Å². The van der Waals surface area contributed by atoms with Gasteiger partial charge in [-0.15, -0.1) is 11.3 Å². The van der Waals surface area contributed by atoms with Gasteiger partial charge in [0.05, 0.1) is 9.90 Å². The topological polar surface area (TPSA) is 70.6 Å². The average molecular weight is 518 g/mol. The second-order valence-corrected chi connectivity index (χ2v) is 11.9. The van der Waals surface area contributed by atoms with Crippen molar-refractivity contribution in [1.29, 1.82) is 0 Å². The van der Waals surface area contributed by atoms with Crippen molar-refractivity contribution >= 4 is 38.9 Å². The lowest BCUT2D eigenvalue weighted by Crippen LogP contribution is -2.37. The first-order chi connectivity index (χ1) is 16.3. The summed E-state index contributed by atoms with van der Waals surface area (Å²) in [6.07, 6.45) is 2.13. The van der Waals surface area contributed by atoms with Crippen molar-refractivity contribution < 1.29 is 13.2 Å². The molecule has 0 unspecified atom stereocenters. The molecule has 1 aliphatic rings. The zero-order valence-corrected chi connectivity index (χ0v) is 21.7. The van der Waals surface area contributed by atoms with E-state index in [2.05, 4.69) is 17.1 Å². The van der Waals surface area contributed by atoms with Crippen molar-refractivity contribution in [2.75, 3.05) is 26.7 Å². The summed E-state index contributed by atoms with van der Waals surface area (Å²) < 4.78 is 27.6. The summed E-state index contributed by atoms with van der Waals surface area (Å²) >= 11 is 7.62. The maximum Gasteiger partial charge on any atom is 0.273 e. The summed E-state index contributed by atoms with van der Waals surface area (Å²) in [5, 5.41) is 3.16. The number of likely N-dealkylation sites (N-methyl/N-ethyl adjacent to an activating group) is 1. The van der Waals surface area contributed by atoms with Gasteiger partial charge in [-0.05, 0) is 49.4 Å². The third-order valence-corrected chi connectivity index (χ3v) is 9.56. The van der Waals surface area contributed by atoms with E-state index in [4.69, 9.17) is 11.6 Å².